The minimum absolute atomic E-state index is 0.0416. The van der Waals surface area contributed by atoms with E-state index in [4.69, 9.17) is 9.47 Å². The molecule has 1 aliphatic rings. The zero-order valence-electron chi connectivity index (χ0n) is 16.1. The van der Waals surface area contributed by atoms with Gasteiger partial charge in [0, 0.05) is 25.2 Å². The molecule has 0 fully saturated rings. The molecule has 28 heavy (non-hydrogen) atoms. The van der Waals surface area contributed by atoms with Gasteiger partial charge in [-0.3, -0.25) is 9.59 Å². The SMILES string of the molecule is CCN(Cc1ccc(OC)c(OC)c1)C(=O)C1CC(=O)Nc2cc(F)ccc21. The van der Waals surface area contributed by atoms with E-state index in [1.54, 1.807) is 31.3 Å². The Morgan fingerprint density at radius 1 is 1.18 bits per heavy atom. The molecule has 1 heterocycles. The van der Waals surface area contributed by atoms with E-state index in [1.165, 1.54) is 12.1 Å². The molecular weight excluding hydrogens is 363 g/mol. The van der Waals surface area contributed by atoms with Gasteiger partial charge in [-0.15, -0.1) is 0 Å². The van der Waals surface area contributed by atoms with Crippen LogP contribution in [0, 0.1) is 5.82 Å². The van der Waals surface area contributed by atoms with Gasteiger partial charge in [-0.2, -0.15) is 0 Å². The number of hydrogen-bond acceptors (Lipinski definition) is 4. The number of methoxy groups -OCH3 is 2. The second kappa shape index (κ2) is 8.29. The summed E-state index contributed by atoms with van der Waals surface area (Å²) in [4.78, 5) is 26.9. The van der Waals surface area contributed by atoms with Crippen molar-refractivity contribution in [3.8, 4) is 11.5 Å². The normalized spacial score (nSPS) is 15.4. The number of nitrogens with zero attached hydrogens (tertiary/aromatic N) is 1. The van der Waals surface area contributed by atoms with Crippen LogP contribution in [-0.2, 0) is 16.1 Å². The highest BCUT2D eigenvalue weighted by molar-refractivity contribution is 6.01. The quantitative estimate of drug-likeness (QED) is 0.827. The van der Waals surface area contributed by atoms with Crippen LogP contribution in [0.1, 0.15) is 30.4 Å². The molecule has 1 atom stereocenters. The molecule has 0 saturated carbocycles. The Kier molecular flexibility index (Phi) is 5.82. The maximum Gasteiger partial charge on any atom is 0.231 e. The van der Waals surface area contributed by atoms with Crippen LogP contribution in [-0.4, -0.2) is 37.5 Å². The number of amides is 2. The molecule has 0 radical (unpaired) electrons. The fourth-order valence-electron chi connectivity index (χ4n) is 3.42. The molecule has 2 aromatic carbocycles. The second-order valence-electron chi connectivity index (χ2n) is 6.58. The third-order valence-electron chi connectivity index (χ3n) is 4.87. The molecule has 2 amide bonds. The number of rotatable bonds is 6. The van der Waals surface area contributed by atoms with E-state index >= 15 is 0 Å². The first-order valence-electron chi connectivity index (χ1n) is 9.05. The highest BCUT2D eigenvalue weighted by Gasteiger charge is 2.33. The topological polar surface area (TPSA) is 67.9 Å². The number of anilines is 1. The lowest BCUT2D eigenvalue weighted by molar-refractivity contribution is -0.135. The molecular formula is C21H23FN2O4. The lowest BCUT2D eigenvalue weighted by Crippen LogP contribution is -2.38. The van der Waals surface area contributed by atoms with Gasteiger partial charge in [-0.1, -0.05) is 12.1 Å². The number of benzene rings is 2. The molecule has 148 valence electrons. The predicted octanol–water partition coefficient (Wildman–Crippen LogP) is 3.32. The summed E-state index contributed by atoms with van der Waals surface area (Å²) in [7, 11) is 3.12. The van der Waals surface area contributed by atoms with Crippen molar-refractivity contribution in [1.82, 2.24) is 4.90 Å². The summed E-state index contributed by atoms with van der Waals surface area (Å²) in [6.45, 7) is 2.72. The molecule has 1 aliphatic heterocycles. The number of halogens is 1. The van der Waals surface area contributed by atoms with E-state index in [0.717, 1.165) is 5.56 Å². The highest BCUT2D eigenvalue weighted by Crippen LogP contribution is 2.35. The van der Waals surface area contributed by atoms with Crippen LogP contribution in [0.25, 0.3) is 0 Å². The zero-order valence-corrected chi connectivity index (χ0v) is 16.1. The van der Waals surface area contributed by atoms with E-state index in [9.17, 15) is 14.0 Å². The summed E-state index contributed by atoms with van der Waals surface area (Å²) in [6.07, 6.45) is 0.0416. The third kappa shape index (κ3) is 3.93. The Morgan fingerprint density at radius 3 is 2.61 bits per heavy atom. The van der Waals surface area contributed by atoms with Crippen LogP contribution < -0.4 is 14.8 Å². The van der Waals surface area contributed by atoms with Crippen molar-refractivity contribution in [2.24, 2.45) is 0 Å². The first-order valence-corrected chi connectivity index (χ1v) is 9.05. The average molecular weight is 386 g/mol. The monoisotopic (exact) mass is 386 g/mol. The van der Waals surface area contributed by atoms with E-state index < -0.39 is 11.7 Å². The van der Waals surface area contributed by atoms with Crippen molar-refractivity contribution in [1.29, 1.82) is 0 Å². The van der Waals surface area contributed by atoms with Crippen molar-refractivity contribution in [2.45, 2.75) is 25.8 Å². The largest absolute Gasteiger partial charge is 0.493 e. The van der Waals surface area contributed by atoms with Crippen LogP contribution >= 0.6 is 0 Å². The second-order valence-corrected chi connectivity index (χ2v) is 6.58. The zero-order chi connectivity index (χ0) is 20.3. The lowest BCUT2D eigenvalue weighted by Gasteiger charge is -2.30. The van der Waals surface area contributed by atoms with Crippen molar-refractivity contribution >= 4 is 17.5 Å². The molecule has 0 bridgehead atoms. The molecule has 3 rings (SSSR count). The highest BCUT2D eigenvalue weighted by atomic mass is 19.1. The maximum atomic E-state index is 13.5. The van der Waals surface area contributed by atoms with Gasteiger partial charge in [0.2, 0.25) is 11.8 Å². The Hall–Kier alpha value is -3.09. The molecule has 0 saturated heterocycles. The summed E-state index contributed by atoms with van der Waals surface area (Å²) in [5, 5.41) is 2.64. The number of fused-ring (bicyclic) bond motifs is 1. The van der Waals surface area contributed by atoms with Crippen LogP contribution in [0.3, 0.4) is 0 Å². The third-order valence-corrected chi connectivity index (χ3v) is 4.87. The molecule has 6 nitrogen and oxygen atoms in total. The lowest BCUT2D eigenvalue weighted by atomic mass is 9.89. The van der Waals surface area contributed by atoms with E-state index in [0.29, 0.717) is 35.8 Å². The van der Waals surface area contributed by atoms with Gasteiger partial charge in [0.25, 0.3) is 0 Å². The Balaban J connectivity index is 1.85. The van der Waals surface area contributed by atoms with E-state index in [-0.39, 0.29) is 18.2 Å². The van der Waals surface area contributed by atoms with E-state index in [1.807, 2.05) is 19.1 Å². The number of carbonyl (C=O) groups excluding carboxylic acids is 2. The summed E-state index contributed by atoms with van der Waals surface area (Å²) in [5.41, 5.74) is 1.88. The van der Waals surface area contributed by atoms with Crippen molar-refractivity contribution < 1.29 is 23.5 Å². The van der Waals surface area contributed by atoms with Crippen molar-refractivity contribution in [2.75, 3.05) is 26.1 Å². The summed E-state index contributed by atoms with van der Waals surface area (Å²) in [6, 6.07) is 9.61. The summed E-state index contributed by atoms with van der Waals surface area (Å²) >= 11 is 0. The van der Waals surface area contributed by atoms with Gasteiger partial charge in [-0.05, 0) is 42.3 Å². The molecule has 1 N–H and O–H groups in total. The van der Waals surface area contributed by atoms with Gasteiger partial charge >= 0.3 is 0 Å². The van der Waals surface area contributed by atoms with Gasteiger partial charge in [-0.25, -0.2) is 4.39 Å². The van der Waals surface area contributed by atoms with Crippen LogP contribution in [0.2, 0.25) is 0 Å². The first kappa shape index (κ1) is 19.7. The van der Waals surface area contributed by atoms with Gasteiger partial charge in [0.05, 0.1) is 20.1 Å². The molecule has 1 unspecified atom stereocenters. The van der Waals surface area contributed by atoms with Crippen LogP contribution in [0.4, 0.5) is 10.1 Å². The van der Waals surface area contributed by atoms with Crippen molar-refractivity contribution in [3.05, 3.63) is 53.3 Å². The number of likely N-dealkylation sites (N-methyl/N-ethyl adjacent to an activating group) is 1. The molecule has 0 aliphatic carbocycles. The molecule has 0 aromatic heterocycles. The molecule has 7 heteroatoms. The number of ether oxygens (including phenoxy) is 2. The number of carbonyl (C=O) groups is 2. The standard InChI is InChI=1S/C21H23FN2O4/c1-4-24(12-13-5-8-18(27-2)19(9-13)28-3)21(26)16-11-20(25)23-17-10-14(22)6-7-15(16)17/h5-10,16H,4,11-12H2,1-3H3,(H,23,25). The van der Waals surface area contributed by atoms with Gasteiger partial charge < -0.3 is 19.7 Å². The Bertz CT molecular complexity index is 900. The number of nitrogens with one attached hydrogen (secondary N) is 1. The fourth-order valence-corrected chi connectivity index (χ4v) is 3.42. The van der Waals surface area contributed by atoms with Crippen LogP contribution in [0.15, 0.2) is 36.4 Å². The molecule has 2 aromatic rings. The summed E-state index contributed by atoms with van der Waals surface area (Å²) in [5.74, 6) is -0.352. The first-order chi connectivity index (χ1) is 13.5. The van der Waals surface area contributed by atoms with E-state index in [2.05, 4.69) is 5.32 Å². The number of hydrogen-bond donors (Lipinski definition) is 1. The maximum absolute atomic E-state index is 13.5. The van der Waals surface area contributed by atoms with Gasteiger partial charge in [0.15, 0.2) is 11.5 Å². The Morgan fingerprint density at radius 2 is 1.93 bits per heavy atom. The van der Waals surface area contributed by atoms with Crippen LogP contribution in [0.5, 0.6) is 11.5 Å². The van der Waals surface area contributed by atoms with Crippen molar-refractivity contribution in [3.63, 3.8) is 0 Å². The predicted molar refractivity (Wildman–Crippen MR) is 103 cm³/mol. The summed E-state index contributed by atoms with van der Waals surface area (Å²) < 4.78 is 24.1. The average Bonchev–Trinajstić information content (AvgIpc) is 2.70. The molecule has 0 spiro atoms. The smallest absolute Gasteiger partial charge is 0.231 e. The minimum atomic E-state index is -0.635. The Labute approximate surface area is 163 Å². The van der Waals surface area contributed by atoms with Gasteiger partial charge in [0.1, 0.15) is 5.82 Å². The minimum Gasteiger partial charge on any atom is -0.493 e. The fraction of sp³-hybridized carbons (Fsp3) is 0.333.